The molecular weight excluding hydrogens is 317 g/mol. The number of rotatable bonds is 3. The van der Waals surface area contributed by atoms with Crippen molar-refractivity contribution < 1.29 is 26.9 Å². The van der Waals surface area contributed by atoms with E-state index in [0.29, 0.717) is 4.90 Å². The Kier molecular flexibility index (Phi) is 4.65. The lowest BCUT2D eigenvalue weighted by Gasteiger charge is -2.12. The van der Waals surface area contributed by atoms with Crippen molar-refractivity contribution in [3.8, 4) is 0 Å². The summed E-state index contributed by atoms with van der Waals surface area (Å²) in [5.74, 6) is -0.840. The topological polar surface area (TPSA) is 43.4 Å². The monoisotopic (exact) mass is 328 g/mol. The standard InChI is InChI=1S/C15H11F3O3S/c1-21-14(19)12-8-7-10(15(16,17)18)9-13(12)22(20)11-5-3-2-4-6-11/h2-9H,1H3. The lowest BCUT2D eigenvalue weighted by atomic mass is 10.1. The molecule has 2 aromatic rings. The second kappa shape index (κ2) is 6.31. The minimum absolute atomic E-state index is 0.155. The maximum atomic E-state index is 12.8. The average Bonchev–Trinajstić information content (AvgIpc) is 2.52. The van der Waals surface area contributed by atoms with E-state index >= 15 is 0 Å². The molecule has 22 heavy (non-hydrogen) atoms. The van der Waals surface area contributed by atoms with Crippen LogP contribution in [0.3, 0.4) is 0 Å². The Balaban J connectivity index is 2.60. The fourth-order valence-corrected chi connectivity index (χ4v) is 3.05. The zero-order valence-electron chi connectivity index (χ0n) is 11.4. The zero-order valence-corrected chi connectivity index (χ0v) is 12.2. The number of methoxy groups -OCH3 is 1. The average molecular weight is 328 g/mol. The molecule has 0 spiro atoms. The molecule has 0 aliphatic carbocycles. The highest BCUT2D eigenvalue weighted by Gasteiger charge is 2.32. The Morgan fingerprint density at radius 1 is 1.09 bits per heavy atom. The first-order valence-corrected chi connectivity index (χ1v) is 7.26. The molecule has 7 heteroatoms. The van der Waals surface area contributed by atoms with Crippen LogP contribution in [0.4, 0.5) is 13.2 Å². The van der Waals surface area contributed by atoms with E-state index in [-0.39, 0.29) is 10.5 Å². The number of alkyl halides is 3. The fourth-order valence-electron chi connectivity index (χ4n) is 1.80. The molecule has 0 N–H and O–H groups in total. The van der Waals surface area contributed by atoms with E-state index in [0.717, 1.165) is 25.3 Å². The summed E-state index contributed by atoms with van der Waals surface area (Å²) in [6.45, 7) is 0. The van der Waals surface area contributed by atoms with E-state index in [2.05, 4.69) is 4.74 Å². The predicted octanol–water partition coefficient (Wildman–Crippen LogP) is 3.66. The SMILES string of the molecule is COC(=O)c1ccc(C(F)(F)F)cc1S(=O)c1ccccc1. The van der Waals surface area contributed by atoms with Crippen molar-refractivity contribution >= 4 is 16.8 Å². The molecule has 1 atom stereocenters. The summed E-state index contributed by atoms with van der Waals surface area (Å²) in [6.07, 6.45) is -4.59. The van der Waals surface area contributed by atoms with Gasteiger partial charge in [-0.05, 0) is 30.3 Å². The summed E-state index contributed by atoms with van der Waals surface area (Å²) in [5, 5.41) is 0. The van der Waals surface area contributed by atoms with Gasteiger partial charge in [0.25, 0.3) is 0 Å². The van der Waals surface area contributed by atoms with Gasteiger partial charge in [0.2, 0.25) is 0 Å². The largest absolute Gasteiger partial charge is 0.465 e. The second-order valence-electron chi connectivity index (χ2n) is 4.28. The van der Waals surface area contributed by atoms with Crippen LogP contribution in [0.25, 0.3) is 0 Å². The van der Waals surface area contributed by atoms with Gasteiger partial charge in [0, 0.05) is 4.90 Å². The second-order valence-corrected chi connectivity index (χ2v) is 5.73. The van der Waals surface area contributed by atoms with Gasteiger partial charge in [-0.1, -0.05) is 18.2 Å². The quantitative estimate of drug-likeness (QED) is 0.808. The maximum Gasteiger partial charge on any atom is 0.416 e. The van der Waals surface area contributed by atoms with Crippen LogP contribution in [-0.2, 0) is 21.7 Å². The Morgan fingerprint density at radius 2 is 1.73 bits per heavy atom. The number of esters is 1. The predicted molar refractivity (Wildman–Crippen MR) is 73.9 cm³/mol. The minimum Gasteiger partial charge on any atom is -0.465 e. The molecule has 0 saturated heterocycles. The first-order chi connectivity index (χ1) is 10.3. The van der Waals surface area contributed by atoms with Crippen LogP contribution < -0.4 is 0 Å². The highest BCUT2D eigenvalue weighted by Crippen LogP contribution is 2.32. The number of halogens is 3. The summed E-state index contributed by atoms with van der Waals surface area (Å²) in [7, 11) is -0.820. The van der Waals surface area contributed by atoms with Crippen molar-refractivity contribution in [2.24, 2.45) is 0 Å². The van der Waals surface area contributed by atoms with E-state index < -0.39 is 28.5 Å². The molecule has 0 amide bonds. The molecule has 3 nitrogen and oxygen atoms in total. The molecule has 0 bridgehead atoms. The highest BCUT2D eigenvalue weighted by molar-refractivity contribution is 7.85. The molecule has 2 aromatic carbocycles. The van der Waals surface area contributed by atoms with Crippen LogP contribution in [0.2, 0.25) is 0 Å². The van der Waals surface area contributed by atoms with Crippen molar-refractivity contribution in [1.29, 1.82) is 0 Å². The normalized spacial score (nSPS) is 12.7. The lowest BCUT2D eigenvalue weighted by molar-refractivity contribution is -0.137. The summed E-state index contributed by atoms with van der Waals surface area (Å²) in [4.78, 5) is 11.8. The molecule has 2 rings (SSSR count). The van der Waals surface area contributed by atoms with E-state index in [1.165, 1.54) is 12.1 Å². The molecule has 0 heterocycles. The van der Waals surface area contributed by atoms with Crippen molar-refractivity contribution in [3.05, 3.63) is 59.7 Å². The Morgan fingerprint density at radius 3 is 2.27 bits per heavy atom. The molecule has 0 radical (unpaired) electrons. The number of hydrogen-bond donors (Lipinski definition) is 0. The van der Waals surface area contributed by atoms with Crippen LogP contribution in [0.15, 0.2) is 58.3 Å². The van der Waals surface area contributed by atoms with E-state index in [9.17, 15) is 22.2 Å². The van der Waals surface area contributed by atoms with Crippen molar-refractivity contribution in [1.82, 2.24) is 0 Å². The number of benzene rings is 2. The highest BCUT2D eigenvalue weighted by atomic mass is 32.2. The third kappa shape index (κ3) is 3.36. The van der Waals surface area contributed by atoms with Gasteiger partial charge >= 0.3 is 12.1 Å². The molecule has 0 aliphatic rings. The van der Waals surface area contributed by atoms with Crippen LogP contribution in [0.1, 0.15) is 15.9 Å². The minimum atomic E-state index is -4.59. The lowest BCUT2D eigenvalue weighted by Crippen LogP contribution is -2.11. The number of carbonyl (C=O) groups excluding carboxylic acids is 1. The van der Waals surface area contributed by atoms with Gasteiger partial charge < -0.3 is 4.74 Å². The molecular formula is C15H11F3O3S. The van der Waals surface area contributed by atoms with Crippen LogP contribution in [-0.4, -0.2) is 17.3 Å². The van der Waals surface area contributed by atoms with Gasteiger partial charge in [-0.25, -0.2) is 9.00 Å². The molecule has 0 aromatic heterocycles. The van der Waals surface area contributed by atoms with Crippen molar-refractivity contribution in [3.63, 3.8) is 0 Å². The smallest absolute Gasteiger partial charge is 0.416 e. The first-order valence-electron chi connectivity index (χ1n) is 6.11. The van der Waals surface area contributed by atoms with Crippen LogP contribution in [0.5, 0.6) is 0 Å². The molecule has 0 fully saturated rings. The first kappa shape index (κ1) is 16.2. The number of hydrogen-bond acceptors (Lipinski definition) is 3. The third-order valence-electron chi connectivity index (χ3n) is 2.87. The van der Waals surface area contributed by atoms with Gasteiger partial charge in [0.15, 0.2) is 0 Å². The van der Waals surface area contributed by atoms with Crippen LogP contribution in [0, 0.1) is 0 Å². The van der Waals surface area contributed by atoms with Gasteiger partial charge in [-0.15, -0.1) is 0 Å². The van der Waals surface area contributed by atoms with Crippen molar-refractivity contribution in [2.75, 3.05) is 7.11 Å². The number of carbonyl (C=O) groups is 1. The molecule has 1 unspecified atom stereocenters. The summed E-state index contributed by atoms with van der Waals surface area (Å²) in [5.41, 5.74) is -1.13. The molecule has 0 aliphatic heterocycles. The number of ether oxygens (including phenoxy) is 1. The third-order valence-corrected chi connectivity index (χ3v) is 4.31. The molecule has 0 saturated carbocycles. The van der Waals surface area contributed by atoms with E-state index in [1.54, 1.807) is 18.2 Å². The summed E-state index contributed by atoms with van der Waals surface area (Å²) >= 11 is 0. The van der Waals surface area contributed by atoms with Crippen LogP contribution >= 0.6 is 0 Å². The zero-order chi connectivity index (χ0) is 16.3. The molecule has 116 valence electrons. The van der Waals surface area contributed by atoms with Gasteiger partial charge in [-0.2, -0.15) is 13.2 Å². The van der Waals surface area contributed by atoms with Gasteiger partial charge in [0.05, 0.1) is 33.9 Å². The van der Waals surface area contributed by atoms with Gasteiger partial charge in [-0.3, -0.25) is 0 Å². The summed E-state index contributed by atoms with van der Waals surface area (Å²) < 4.78 is 55.5. The summed E-state index contributed by atoms with van der Waals surface area (Å²) in [6, 6.07) is 10.4. The van der Waals surface area contributed by atoms with Gasteiger partial charge in [0.1, 0.15) is 0 Å². The maximum absolute atomic E-state index is 12.8. The van der Waals surface area contributed by atoms with E-state index in [4.69, 9.17) is 0 Å². The van der Waals surface area contributed by atoms with Crippen molar-refractivity contribution in [2.45, 2.75) is 16.0 Å². The van der Waals surface area contributed by atoms with E-state index in [1.807, 2.05) is 0 Å². The fraction of sp³-hybridized carbons (Fsp3) is 0.133. The Labute approximate surface area is 127 Å². The Bertz CT molecular complexity index is 712. The Hall–Kier alpha value is -2.15.